The van der Waals surface area contributed by atoms with Crippen LogP contribution in [0, 0.1) is 19.8 Å². The first kappa shape index (κ1) is 25.5. The topological polar surface area (TPSA) is 78.7 Å². The van der Waals surface area contributed by atoms with Gasteiger partial charge in [-0.05, 0) is 37.0 Å². The lowest BCUT2D eigenvalue weighted by Crippen LogP contribution is -2.53. The van der Waals surface area contributed by atoms with Gasteiger partial charge in [0.05, 0.1) is 12.6 Å². The number of nitrogens with zero attached hydrogens (tertiary/aromatic N) is 2. The van der Waals surface area contributed by atoms with Crippen LogP contribution in [0.4, 0.5) is 5.69 Å². The number of nitrogens with one attached hydrogen (secondary N) is 1. The molecule has 0 bridgehead atoms. The van der Waals surface area contributed by atoms with Crippen molar-refractivity contribution in [1.82, 2.24) is 10.2 Å². The number of anilines is 1. The maximum absolute atomic E-state index is 12.3. The molecule has 6 nitrogen and oxygen atoms in total. The zero-order chi connectivity index (χ0) is 18.6. The summed E-state index contributed by atoms with van der Waals surface area (Å²) in [5.74, 6) is -0.265. The fourth-order valence-electron chi connectivity index (χ4n) is 2.97. The molecule has 3 N–H and O–H groups in total. The molecule has 2 amide bonds. The molecule has 8 heteroatoms. The number of hydrogen-bond acceptors (Lipinski definition) is 4. The number of nitrogens with two attached hydrogens (primary N) is 1. The third-order valence-electron chi connectivity index (χ3n) is 4.98. The average molecular weight is 419 g/mol. The molecule has 0 aliphatic carbocycles. The first-order chi connectivity index (χ1) is 11.8. The molecule has 1 aromatic rings. The largest absolute Gasteiger partial charge is 0.368 e. The molecule has 0 aromatic heterocycles. The highest BCUT2D eigenvalue weighted by Crippen LogP contribution is 2.23. The summed E-state index contributed by atoms with van der Waals surface area (Å²) < 4.78 is 0. The standard InChI is InChI=1S/C19H30N4O2.2ClH/c1-13(2)18(20)19(25)21-12-17(24)23-10-8-22(9-11-23)16-7-5-6-14(3)15(16)4;;/h5-7,13,18H,8-12,20H2,1-4H3,(H,21,25);2*1H/t18-;;/m0../s1. The van der Waals surface area contributed by atoms with Crippen LogP contribution < -0.4 is 16.0 Å². The van der Waals surface area contributed by atoms with Gasteiger partial charge in [-0.15, -0.1) is 24.8 Å². The van der Waals surface area contributed by atoms with E-state index < -0.39 is 6.04 Å². The molecular weight excluding hydrogens is 387 g/mol. The quantitative estimate of drug-likeness (QED) is 0.764. The molecule has 27 heavy (non-hydrogen) atoms. The van der Waals surface area contributed by atoms with E-state index in [0.29, 0.717) is 13.1 Å². The molecule has 1 aliphatic rings. The molecule has 1 heterocycles. The summed E-state index contributed by atoms with van der Waals surface area (Å²) >= 11 is 0. The van der Waals surface area contributed by atoms with Crippen molar-refractivity contribution in [2.24, 2.45) is 11.7 Å². The maximum Gasteiger partial charge on any atom is 0.242 e. The minimum atomic E-state index is -0.575. The molecule has 2 rings (SSSR count). The van der Waals surface area contributed by atoms with Crippen molar-refractivity contribution in [3.63, 3.8) is 0 Å². The van der Waals surface area contributed by atoms with Crippen LogP contribution >= 0.6 is 24.8 Å². The maximum atomic E-state index is 12.3. The Hall–Kier alpha value is -1.50. The zero-order valence-electron chi connectivity index (χ0n) is 16.5. The lowest BCUT2D eigenvalue weighted by Gasteiger charge is -2.37. The van der Waals surface area contributed by atoms with Crippen LogP contribution in [0.3, 0.4) is 0 Å². The fourth-order valence-corrected chi connectivity index (χ4v) is 2.97. The van der Waals surface area contributed by atoms with Crippen LogP contribution in [-0.4, -0.2) is 55.5 Å². The SMILES string of the molecule is Cc1cccc(N2CCN(C(=O)CNC(=O)[C@@H](N)C(C)C)CC2)c1C.Cl.Cl. The molecule has 0 saturated carbocycles. The smallest absolute Gasteiger partial charge is 0.242 e. The Morgan fingerprint density at radius 3 is 2.26 bits per heavy atom. The number of amides is 2. The molecule has 0 radical (unpaired) electrons. The highest BCUT2D eigenvalue weighted by molar-refractivity contribution is 5.87. The van der Waals surface area contributed by atoms with Crippen LogP contribution in [0.5, 0.6) is 0 Å². The number of benzene rings is 1. The third kappa shape index (κ3) is 6.55. The Morgan fingerprint density at radius 1 is 1.11 bits per heavy atom. The molecule has 0 spiro atoms. The number of aryl methyl sites for hydroxylation is 1. The number of hydrogen-bond donors (Lipinski definition) is 2. The van der Waals surface area contributed by atoms with Gasteiger partial charge in [0.2, 0.25) is 11.8 Å². The number of rotatable bonds is 5. The van der Waals surface area contributed by atoms with Gasteiger partial charge in [0.1, 0.15) is 0 Å². The summed E-state index contributed by atoms with van der Waals surface area (Å²) in [6.07, 6.45) is 0. The third-order valence-corrected chi connectivity index (χ3v) is 4.98. The van der Waals surface area contributed by atoms with E-state index in [-0.39, 0.29) is 49.1 Å². The molecule has 154 valence electrons. The lowest BCUT2D eigenvalue weighted by atomic mass is 10.1. The van der Waals surface area contributed by atoms with Gasteiger partial charge in [-0.25, -0.2) is 0 Å². The monoisotopic (exact) mass is 418 g/mol. The van der Waals surface area contributed by atoms with Crippen molar-refractivity contribution in [3.05, 3.63) is 29.3 Å². The Bertz CT molecular complexity index is 632. The summed E-state index contributed by atoms with van der Waals surface area (Å²) in [6, 6.07) is 5.74. The summed E-state index contributed by atoms with van der Waals surface area (Å²) in [5.41, 5.74) is 9.60. The number of carbonyl (C=O) groups is 2. The Morgan fingerprint density at radius 2 is 1.70 bits per heavy atom. The average Bonchev–Trinajstić information content (AvgIpc) is 2.61. The van der Waals surface area contributed by atoms with Crippen molar-refractivity contribution >= 4 is 42.3 Å². The van der Waals surface area contributed by atoms with E-state index in [0.717, 1.165) is 13.1 Å². The molecule has 1 aliphatic heterocycles. The highest BCUT2D eigenvalue weighted by Gasteiger charge is 2.23. The van der Waals surface area contributed by atoms with Gasteiger partial charge in [-0.2, -0.15) is 0 Å². The normalized spacial score (nSPS) is 14.9. The van der Waals surface area contributed by atoms with E-state index in [4.69, 9.17) is 5.73 Å². The Labute approximate surface area is 174 Å². The van der Waals surface area contributed by atoms with Gasteiger partial charge in [0.25, 0.3) is 0 Å². The van der Waals surface area contributed by atoms with Crippen LogP contribution in [0.1, 0.15) is 25.0 Å². The summed E-state index contributed by atoms with van der Waals surface area (Å²) in [6.45, 7) is 11.0. The van der Waals surface area contributed by atoms with Crippen molar-refractivity contribution in [1.29, 1.82) is 0 Å². The first-order valence-electron chi connectivity index (χ1n) is 8.93. The number of halogens is 2. The Kier molecular flexibility index (Phi) is 10.7. The molecule has 1 aromatic carbocycles. The molecule has 0 unspecified atom stereocenters. The van der Waals surface area contributed by atoms with Gasteiger partial charge in [-0.3, -0.25) is 9.59 Å². The molecule has 1 saturated heterocycles. The van der Waals surface area contributed by atoms with Gasteiger partial charge in [0.15, 0.2) is 0 Å². The second-order valence-electron chi connectivity index (χ2n) is 7.07. The fraction of sp³-hybridized carbons (Fsp3) is 0.579. The second kappa shape index (κ2) is 11.4. The zero-order valence-corrected chi connectivity index (χ0v) is 18.2. The summed E-state index contributed by atoms with van der Waals surface area (Å²) in [4.78, 5) is 28.3. The molecular formula is C19H32Cl2N4O2. The van der Waals surface area contributed by atoms with E-state index in [1.807, 2.05) is 18.7 Å². The van der Waals surface area contributed by atoms with Crippen LogP contribution in [0.25, 0.3) is 0 Å². The predicted octanol–water partition coefficient (Wildman–Crippen LogP) is 1.90. The van der Waals surface area contributed by atoms with Gasteiger partial charge >= 0.3 is 0 Å². The summed E-state index contributed by atoms with van der Waals surface area (Å²) in [5, 5.41) is 2.65. The molecule has 1 atom stereocenters. The molecule has 1 fully saturated rings. The van der Waals surface area contributed by atoms with Crippen LogP contribution in [-0.2, 0) is 9.59 Å². The predicted molar refractivity (Wildman–Crippen MR) is 115 cm³/mol. The van der Waals surface area contributed by atoms with Crippen LogP contribution in [0.15, 0.2) is 18.2 Å². The highest BCUT2D eigenvalue weighted by atomic mass is 35.5. The van der Waals surface area contributed by atoms with Crippen LogP contribution in [0.2, 0.25) is 0 Å². The van der Waals surface area contributed by atoms with Gasteiger partial charge in [0, 0.05) is 31.9 Å². The van der Waals surface area contributed by atoms with Gasteiger partial charge in [-0.1, -0.05) is 26.0 Å². The summed E-state index contributed by atoms with van der Waals surface area (Å²) in [7, 11) is 0. The van der Waals surface area contributed by atoms with Crippen molar-refractivity contribution in [2.75, 3.05) is 37.6 Å². The number of piperazine rings is 1. The van der Waals surface area contributed by atoms with Crippen molar-refractivity contribution < 1.29 is 9.59 Å². The van der Waals surface area contributed by atoms with Gasteiger partial charge < -0.3 is 20.9 Å². The van der Waals surface area contributed by atoms with E-state index in [1.54, 1.807) is 0 Å². The van der Waals surface area contributed by atoms with Crippen molar-refractivity contribution in [2.45, 2.75) is 33.7 Å². The van der Waals surface area contributed by atoms with Crippen molar-refractivity contribution in [3.8, 4) is 0 Å². The number of carbonyl (C=O) groups excluding carboxylic acids is 2. The van der Waals surface area contributed by atoms with E-state index in [9.17, 15) is 9.59 Å². The first-order valence-corrected chi connectivity index (χ1v) is 8.93. The van der Waals surface area contributed by atoms with E-state index in [2.05, 4.69) is 42.3 Å². The van der Waals surface area contributed by atoms with E-state index >= 15 is 0 Å². The lowest BCUT2D eigenvalue weighted by molar-refractivity contribution is -0.133. The minimum Gasteiger partial charge on any atom is -0.368 e. The Balaban J connectivity index is 0.00000338. The second-order valence-corrected chi connectivity index (χ2v) is 7.07. The van der Waals surface area contributed by atoms with E-state index in [1.165, 1.54) is 16.8 Å². The minimum absolute atomic E-state index is 0.